The molecule has 37 heavy (non-hydrogen) atoms. The second kappa shape index (κ2) is 12.7. The molecule has 3 rings (SSSR count). The van der Waals surface area contributed by atoms with Crippen LogP contribution in [0.2, 0.25) is 0 Å². The number of amides is 2. The number of Topliss-reactive ketones (excluding diaryl/α,β-unsaturated/α-hetero) is 1. The van der Waals surface area contributed by atoms with E-state index in [-0.39, 0.29) is 28.9 Å². The number of nitrogens with one attached hydrogen (secondary N) is 2. The largest absolute Gasteiger partial charge is 0.408 e. The lowest BCUT2D eigenvalue weighted by molar-refractivity contribution is -0.129. The van der Waals surface area contributed by atoms with Crippen molar-refractivity contribution >= 4 is 29.4 Å². The molecule has 1 atom stereocenters. The first-order valence-electron chi connectivity index (χ1n) is 12.9. The van der Waals surface area contributed by atoms with Crippen molar-refractivity contribution in [2.24, 2.45) is 5.92 Å². The summed E-state index contributed by atoms with van der Waals surface area (Å²) < 4.78 is 5.57. The Morgan fingerprint density at radius 2 is 1.78 bits per heavy atom. The minimum Gasteiger partial charge on any atom is -0.408 e. The van der Waals surface area contributed by atoms with Crippen LogP contribution in [-0.4, -0.2) is 63.6 Å². The van der Waals surface area contributed by atoms with Gasteiger partial charge in [0.05, 0.1) is 6.04 Å². The summed E-state index contributed by atoms with van der Waals surface area (Å²) >= 11 is 1.37. The van der Waals surface area contributed by atoms with Crippen LogP contribution in [0, 0.1) is 5.92 Å². The summed E-state index contributed by atoms with van der Waals surface area (Å²) in [6, 6.07) is 6.58. The number of rotatable bonds is 11. The number of hydrogen-bond donors (Lipinski definition) is 2. The molecule has 1 heterocycles. The second-order valence-electron chi connectivity index (χ2n) is 10.6. The van der Waals surface area contributed by atoms with E-state index < -0.39 is 17.4 Å². The lowest BCUT2D eigenvalue weighted by atomic mass is 9.80. The van der Waals surface area contributed by atoms with E-state index in [4.69, 9.17) is 4.42 Å². The smallest absolute Gasteiger partial charge is 0.286 e. The summed E-state index contributed by atoms with van der Waals surface area (Å²) in [7, 11) is 3.94. The molecule has 0 saturated heterocycles. The number of nitrogens with zero attached hydrogens (tertiary/aromatic N) is 3. The van der Waals surface area contributed by atoms with E-state index in [1.54, 1.807) is 6.07 Å². The van der Waals surface area contributed by atoms with Crippen molar-refractivity contribution in [1.82, 2.24) is 25.7 Å². The van der Waals surface area contributed by atoms with Gasteiger partial charge in [0.15, 0.2) is 0 Å². The van der Waals surface area contributed by atoms with Gasteiger partial charge in [-0.3, -0.25) is 14.4 Å². The van der Waals surface area contributed by atoms with Gasteiger partial charge in [0, 0.05) is 17.4 Å². The highest BCUT2D eigenvalue weighted by atomic mass is 32.2. The number of benzene rings is 1. The molecule has 0 radical (unpaired) electrons. The molecular weight excluding hydrogens is 490 g/mol. The quantitative estimate of drug-likeness (QED) is 0.330. The van der Waals surface area contributed by atoms with Crippen LogP contribution in [0.3, 0.4) is 0 Å². The van der Waals surface area contributed by atoms with Gasteiger partial charge in [-0.1, -0.05) is 70.9 Å². The zero-order chi connectivity index (χ0) is 27.2. The summed E-state index contributed by atoms with van der Waals surface area (Å²) in [5.41, 5.74) is 0.433. The Balaban J connectivity index is 1.80. The third kappa shape index (κ3) is 7.64. The molecule has 1 saturated carbocycles. The summed E-state index contributed by atoms with van der Waals surface area (Å²) in [5, 5.41) is 14.4. The molecule has 0 unspecified atom stereocenters. The molecule has 202 valence electrons. The fourth-order valence-corrected chi connectivity index (χ4v) is 5.15. The third-order valence-corrected chi connectivity index (χ3v) is 7.21. The van der Waals surface area contributed by atoms with E-state index in [2.05, 4.69) is 20.8 Å². The minimum absolute atomic E-state index is 0.124. The van der Waals surface area contributed by atoms with Gasteiger partial charge in [-0.25, -0.2) is 0 Å². The van der Waals surface area contributed by atoms with Gasteiger partial charge in [0.25, 0.3) is 17.0 Å². The molecular formula is C27H39N5O4S. The van der Waals surface area contributed by atoms with Gasteiger partial charge in [-0.15, -0.1) is 10.2 Å². The van der Waals surface area contributed by atoms with Gasteiger partial charge in [0.1, 0.15) is 5.54 Å². The van der Waals surface area contributed by atoms with E-state index in [9.17, 15) is 14.4 Å². The Kier molecular flexibility index (Phi) is 9.89. The lowest BCUT2D eigenvalue weighted by Gasteiger charge is -2.38. The van der Waals surface area contributed by atoms with Crippen molar-refractivity contribution in [2.45, 2.75) is 88.4 Å². The standard InChI is InChI=1S/C27H39N5O4S/c1-17(2)21(22(33)24-30-31-26(36-24)37-18(3)4)28-25(35)27(13-8-7-9-14-27)29-23(34)20-12-10-11-19(15-20)16-32(5)6/h10-12,15,17-18,21H,7-9,13-14,16H2,1-6H3,(H,28,35)(H,29,34)/t21-/m0/s1. The van der Waals surface area contributed by atoms with Gasteiger partial charge in [-0.05, 0) is 50.6 Å². The fourth-order valence-electron chi connectivity index (χ4n) is 4.54. The maximum atomic E-state index is 13.7. The fraction of sp³-hybridized carbons (Fsp3) is 0.593. The number of hydrogen-bond acceptors (Lipinski definition) is 8. The van der Waals surface area contributed by atoms with Gasteiger partial charge in [0.2, 0.25) is 11.7 Å². The molecule has 1 aromatic carbocycles. The highest BCUT2D eigenvalue weighted by Crippen LogP contribution is 2.30. The Morgan fingerprint density at radius 3 is 2.41 bits per heavy atom. The first-order valence-corrected chi connectivity index (χ1v) is 13.8. The maximum absolute atomic E-state index is 13.7. The zero-order valence-corrected chi connectivity index (χ0v) is 23.5. The molecule has 1 aromatic heterocycles. The summed E-state index contributed by atoms with van der Waals surface area (Å²) in [6.07, 6.45) is 3.64. The zero-order valence-electron chi connectivity index (χ0n) is 22.7. The summed E-state index contributed by atoms with van der Waals surface area (Å²) in [5.74, 6) is -1.42. The molecule has 9 nitrogen and oxygen atoms in total. The van der Waals surface area contributed by atoms with Crippen molar-refractivity contribution in [3.8, 4) is 0 Å². The van der Waals surface area contributed by atoms with E-state index in [0.717, 1.165) is 24.8 Å². The Labute approximate surface area is 223 Å². The van der Waals surface area contributed by atoms with Crippen molar-refractivity contribution in [3.63, 3.8) is 0 Å². The first kappa shape index (κ1) is 28.8. The first-order chi connectivity index (χ1) is 17.5. The van der Waals surface area contributed by atoms with Crippen LogP contribution in [-0.2, 0) is 11.3 Å². The van der Waals surface area contributed by atoms with Crippen LogP contribution in [0.5, 0.6) is 0 Å². The molecule has 1 aliphatic rings. The average Bonchev–Trinajstić information content (AvgIpc) is 3.30. The second-order valence-corrected chi connectivity index (χ2v) is 12.2. The monoisotopic (exact) mass is 529 g/mol. The van der Waals surface area contributed by atoms with Crippen molar-refractivity contribution in [1.29, 1.82) is 0 Å². The van der Waals surface area contributed by atoms with Gasteiger partial charge < -0.3 is 20.0 Å². The molecule has 1 aliphatic carbocycles. The van der Waals surface area contributed by atoms with Crippen LogP contribution in [0.15, 0.2) is 33.9 Å². The third-order valence-electron chi connectivity index (χ3n) is 6.37. The summed E-state index contributed by atoms with van der Waals surface area (Å²) in [6.45, 7) is 8.39. The molecule has 1 fully saturated rings. The van der Waals surface area contributed by atoms with Crippen molar-refractivity contribution in [3.05, 3.63) is 41.3 Å². The molecule has 2 amide bonds. The normalized spacial score (nSPS) is 16.1. The predicted molar refractivity (Wildman–Crippen MR) is 144 cm³/mol. The molecule has 0 spiro atoms. The molecule has 0 aliphatic heterocycles. The van der Waals surface area contributed by atoms with Crippen molar-refractivity contribution < 1.29 is 18.8 Å². The lowest BCUT2D eigenvalue weighted by Crippen LogP contribution is -2.62. The van der Waals surface area contributed by atoms with E-state index in [1.807, 2.05) is 64.9 Å². The topological polar surface area (TPSA) is 117 Å². The maximum Gasteiger partial charge on any atom is 0.286 e. The van der Waals surface area contributed by atoms with Crippen LogP contribution in [0.25, 0.3) is 0 Å². The average molecular weight is 530 g/mol. The number of aromatic nitrogens is 2. The van der Waals surface area contributed by atoms with Gasteiger partial charge >= 0.3 is 0 Å². The predicted octanol–water partition coefficient (Wildman–Crippen LogP) is 4.09. The number of thioether (sulfide) groups is 1. The number of carbonyl (C=O) groups is 3. The molecule has 0 bridgehead atoms. The Morgan fingerprint density at radius 1 is 1.08 bits per heavy atom. The molecule has 2 aromatic rings. The highest BCUT2D eigenvalue weighted by Gasteiger charge is 2.43. The van der Waals surface area contributed by atoms with E-state index in [1.165, 1.54) is 11.8 Å². The van der Waals surface area contributed by atoms with Gasteiger partial charge in [-0.2, -0.15) is 0 Å². The van der Waals surface area contributed by atoms with Crippen LogP contribution in [0.1, 0.15) is 86.4 Å². The van der Waals surface area contributed by atoms with E-state index >= 15 is 0 Å². The molecule has 2 N–H and O–H groups in total. The molecule has 10 heteroatoms. The van der Waals surface area contributed by atoms with Crippen LogP contribution >= 0.6 is 11.8 Å². The van der Waals surface area contributed by atoms with E-state index in [0.29, 0.717) is 30.2 Å². The SMILES string of the molecule is CC(C)Sc1nnc(C(=O)[C@@H](NC(=O)C2(NC(=O)c3cccc(CN(C)C)c3)CCCCC2)C(C)C)o1. The number of ketones is 1. The Bertz CT molecular complexity index is 1090. The van der Waals surface area contributed by atoms with Crippen LogP contribution in [0.4, 0.5) is 0 Å². The Hall–Kier alpha value is -2.72. The highest BCUT2D eigenvalue weighted by molar-refractivity contribution is 7.99. The van der Waals surface area contributed by atoms with Crippen molar-refractivity contribution in [2.75, 3.05) is 14.1 Å². The minimum atomic E-state index is -1.09. The number of carbonyl (C=O) groups excluding carboxylic acids is 3. The van der Waals surface area contributed by atoms with Crippen LogP contribution < -0.4 is 10.6 Å². The summed E-state index contributed by atoms with van der Waals surface area (Å²) in [4.78, 5) is 42.4.